The van der Waals surface area contributed by atoms with Gasteiger partial charge in [-0.1, -0.05) is 19.8 Å². The molecular weight excluding hydrogens is 280 g/mol. The van der Waals surface area contributed by atoms with Gasteiger partial charge in [0.25, 0.3) is 5.91 Å². The molecule has 1 aromatic rings. The molecule has 1 saturated heterocycles. The van der Waals surface area contributed by atoms with Crippen molar-refractivity contribution in [2.75, 3.05) is 19.6 Å². The Balaban J connectivity index is 1.86. The van der Waals surface area contributed by atoms with Gasteiger partial charge in [0, 0.05) is 32.0 Å². The fourth-order valence-electron chi connectivity index (χ4n) is 2.68. The molecule has 2 amide bonds. The molecule has 0 unspecified atom stereocenters. The molecule has 6 heteroatoms. The second kappa shape index (κ2) is 8.46. The lowest BCUT2D eigenvalue weighted by molar-refractivity contribution is -0.126. The van der Waals surface area contributed by atoms with Crippen molar-refractivity contribution in [2.45, 2.75) is 39.0 Å². The minimum atomic E-state index is -0.142. The number of carbonyl (C=O) groups is 2. The average molecular weight is 304 g/mol. The zero-order valence-electron chi connectivity index (χ0n) is 13.1. The van der Waals surface area contributed by atoms with E-state index in [2.05, 4.69) is 22.2 Å². The van der Waals surface area contributed by atoms with Gasteiger partial charge in [-0.15, -0.1) is 0 Å². The van der Waals surface area contributed by atoms with Crippen LogP contribution in [0.1, 0.15) is 49.5 Å². The molecule has 6 nitrogen and oxygen atoms in total. The Bertz CT molecular complexity index is 492. The standard InChI is InChI=1S/C16H24N4O2/c1-2-3-4-7-19-15(21)13-6-5-10-20(12-13)16(22)14-11-17-8-9-18-14/h8-9,11,13H,2-7,10,12H2,1H3,(H,19,21)/t13-/m1/s1. The highest BCUT2D eigenvalue weighted by molar-refractivity contribution is 5.92. The molecule has 120 valence electrons. The van der Waals surface area contributed by atoms with Gasteiger partial charge in [-0.25, -0.2) is 4.98 Å². The normalized spacial score (nSPS) is 18.0. The van der Waals surface area contributed by atoms with Gasteiger partial charge in [0.05, 0.1) is 12.1 Å². The lowest BCUT2D eigenvalue weighted by Gasteiger charge is -2.31. The van der Waals surface area contributed by atoms with Crippen molar-refractivity contribution in [1.29, 1.82) is 0 Å². The minimum absolute atomic E-state index is 0.0627. The molecule has 2 heterocycles. The number of piperidine rings is 1. The maximum Gasteiger partial charge on any atom is 0.274 e. The van der Waals surface area contributed by atoms with Crippen molar-refractivity contribution in [3.8, 4) is 0 Å². The summed E-state index contributed by atoms with van der Waals surface area (Å²) in [4.78, 5) is 34.2. The molecule has 1 aliphatic rings. The van der Waals surface area contributed by atoms with Crippen LogP contribution in [0.25, 0.3) is 0 Å². The fraction of sp³-hybridized carbons (Fsp3) is 0.625. The van der Waals surface area contributed by atoms with Crippen molar-refractivity contribution >= 4 is 11.8 Å². The summed E-state index contributed by atoms with van der Waals surface area (Å²) >= 11 is 0. The number of unbranched alkanes of at least 4 members (excludes halogenated alkanes) is 2. The van der Waals surface area contributed by atoms with Crippen LogP contribution in [0.15, 0.2) is 18.6 Å². The Morgan fingerprint density at radius 3 is 2.95 bits per heavy atom. The Labute approximate surface area is 131 Å². The quantitative estimate of drug-likeness (QED) is 0.811. The second-order valence-corrected chi connectivity index (χ2v) is 5.68. The molecule has 1 N–H and O–H groups in total. The number of amides is 2. The highest BCUT2D eigenvalue weighted by Gasteiger charge is 2.29. The summed E-state index contributed by atoms with van der Waals surface area (Å²) in [5, 5.41) is 2.98. The summed E-state index contributed by atoms with van der Waals surface area (Å²) in [5.74, 6) is -0.194. The Morgan fingerprint density at radius 2 is 2.23 bits per heavy atom. The molecule has 0 aromatic carbocycles. The first-order valence-electron chi connectivity index (χ1n) is 8.05. The predicted octanol–water partition coefficient (Wildman–Crippen LogP) is 1.64. The van der Waals surface area contributed by atoms with E-state index in [0.717, 1.165) is 38.6 Å². The van der Waals surface area contributed by atoms with Gasteiger partial charge in [0.2, 0.25) is 5.91 Å². The summed E-state index contributed by atoms with van der Waals surface area (Å²) in [5.41, 5.74) is 0.339. The zero-order valence-corrected chi connectivity index (χ0v) is 13.1. The topological polar surface area (TPSA) is 75.2 Å². The number of likely N-dealkylation sites (tertiary alicyclic amines) is 1. The van der Waals surface area contributed by atoms with E-state index in [1.165, 1.54) is 12.4 Å². The first-order chi connectivity index (χ1) is 10.7. The number of hydrogen-bond acceptors (Lipinski definition) is 4. The maximum absolute atomic E-state index is 12.4. The number of nitrogens with one attached hydrogen (secondary N) is 1. The number of carbonyl (C=O) groups excluding carboxylic acids is 2. The van der Waals surface area contributed by atoms with Gasteiger partial charge in [0.1, 0.15) is 5.69 Å². The molecule has 0 radical (unpaired) electrons. The fourth-order valence-corrected chi connectivity index (χ4v) is 2.68. The number of nitrogens with zero attached hydrogens (tertiary/aromatic N) is 3. The van der Waals surface area contributed by atoms with E-state index in [0.29, 0.717) is 18.8 Å². The summed E-state index contributed by atoms with van der Waals surface area (Å²) in [7, 11) is 0. The molecule has 0 spiro atoms. The molecule has 0 saturated carbocycles. The van der Waals surface area contributed by atoms with E-state index in [-0.39, 0.29) is 17.7 Å². The van der Waals surface area contributed by atoms with Crippen LogP contribution < -0.4 is 5.32 Å². The van der Waals surface area contributed by atoms with E-state index in [4.69, 9.17) is 0 Å². The van der Waals surface area contributed by atoms with Crippen molar-refractivity contribution in [1.82, 2.24) is 20.2 Å². The van der Waals surface area contributed by atoms with Crippen LogP contribution in [-0.4, -0.2) is 46.3 Å². The summed E-state index contributed by atoms with van der Waals surface area (Å²) in [6, 6.07) is 0. The Hall–Kier alpha value is -1.98. The SMILES string of the molecule is CCCCCNC(=O)[C@@H]1CCCN(C(=O)c2cnccn2)C1. The van der Waals surface area contributed by atoms with Crippen molar-refractivity contribution in [3.63, 3.8) is 0 Å². The predicted molar refractivity (Wildman–Crippen MR) is 83.2 cm³/mol. The third kappa shape index (κ3) is 4.51. The third-order valence-corrected chi connectivity index (χ3v) is 3.94. The number of hydrogen-bond donors (Lipinski definition) is 1. The molecule has 1 fully saturated rings. The van der Waals surface area contributed by atoms with E-state index in [9.17, 15) is 9.59 Å². The highest BCUT2D eigenvalue weighted by Crippen LogP contribution is 2.18. The van der Waals surface area contributed by atoms with Gasteiger partial charge < -0.3 is 10.2 Å². The van der Waals surface area contributed by atoms with E-state index >= 15 is 0 Å². The van der Waals surface area contributed by atoms with Crippen molar-refractivity contribution in [3.05, 3.63) is 24.3 Å². The van der Waals surface area contributed by atoms with E-state index < -0.39 is 0 Å². The van der Waals surface area contributed by atoms with Crippen LogP contribution in [0.3, 0.4) is 0 Å². The van der Waals surface area contributed by atoms with Crippen LogP contribution in [0.2, 0.25) is 0 Å². The molecule has 0 bridgehead atoms. The molecule has 1 atom stereocenters. The first kappa shape index (κ1) is 16.4. The zero-order chi connectivity index (χ0) is 15.8. The maximum atomic E-state index is 12.4. The van der Waals surface area contributed by atoms with Crippen LogP contribution in [-0.2, 0) is 4.79 Å². The smallest absolute Gasteiger partial charge is 0.274 e. The summed E-state index contributed by atoms with van der Waals surface area (Å²) < 4.78 is 0. The van der Waals surface area contributed by atoms with Gasteiger partial charge in [-0.3, -0.25) is 14.6 Å². The lowest BCUT2D eigenvalue weighted by atomic mass is 9.97. The highest BCUT2D eigenvalue weighted by atomic mass is 16.2. The molecule has 1 aromatic heterocycles. The van der Waals surface area contributed by atoms with Crippen LogP contribution in [0.5, 0.6) is 0 Å². The van der Waals surface area contributed by atoms with E-state index in [1.54, 1.807) is 11.1 Å². The van der Waals surface area contributed by atoms with Gasteiger partial charge >= 0.3 is 0 Å². The summed E-state index contributed by atoms with van der Waals surface area (Å²) in [6.07, 6.45) is 9.48. The van der Waals surface area contributed by atoms with Crippen molar-refractivity contribution < 1.29 is 9.59 Å². The van der Waals surface area contributed by atoms with Crippen LogP contribution in [0.4, 0.5) is 0 Å². The summed E-state index contributed by atoms with van der Waals surface area (Å²) in [6.45, 7) is 4.00. The monoisotopic (exact) mass is 304 g/mol. The van der Waals surface area contributed by atoms with Crippen LogP contribution in [0, 0.1) is 5.92 Å². The Morgan fingerprint density at radius 1 is 1.36 bits per heavy atom. The van der Waals surface area contributed by atoms with Crippen LogP contribution >= 0.6 is 0 Å². The Kier molecular flexibility index (Phi) is 6.30. The molecule has 22 heavy (non-hydrogen) atoms. The number of rotatable bonds is 6. The van der Waals surface area contributed by atoms with Gasteiger partial charge in [0.15, 0.2) is 0 Å². The van der Waals surface area contributed by atoms with E-state index in [1.807, 2.05) is 0 Å². The molecule has 2 rings (SSSR count). The second-order valence-electron chi connectivity index (χ2n) is 5.68. The average Bonchev–Trinajstić information content (AvgIpc) is 2.59. The van der Waals surface area contributed by atoms with Gasteiger partial charge in [-0.05, 0) is 19.3 Å². The minimum Gasteiger partial charge on any atom is -0.356 e. The molecular formula is C16H24N4O2. The first-order valence-corrected chi connectivity index (χ1v) is 8.05. The van der Waals surface area contributed by atoms with Crippen molar-refractivity contribution in [2.24, 2.45) is 5.92 Å². The molecule has 1 aliphatic heterocycles. The number of aromatic nitrogens is 2. The molecule has 0 aliphatic carbocycles. The van der Waals surface area contributed by atoms with Gasteiger partial charge in [-0.2, -0.15) is 0 Å². The third-order valence-electron chi connectivity index (χ3n) is 3.94. The largest absolute Gasteiger partial charge is 0.356 e. The lowest BCUT2D eigenvalue weighted by Crippen LogP contribution is -2.45.